The van der Waals surface area contributed by atoms with Crippen molar-refractivity contribution in [2.45, 2.75) is 31.2 Å². The van der Waals surface area contributed by atoms with Crippen molar-refractivity contribution in [1.29, 1.82) is 0 Å². The van der Waals surface area contributed by atoms with Crippen molar-refractivity contribution in [2.75, 3.05) is 13.2 Å². The summed E-state index contributed by atoms with van der Waals surface area (Å²) in [5.74, 6) is -1.10. The number of hydrogen-bond acceptors (Lipinski definition) is 6. The highest BCUT2D eigenvalue weighted by Gasteiger charge is 2.34. The van der Waals surface area contributed by atoms with E-state index in [1.807, 2.05) is 24.3 Å². The number of amides is 1. The number of rotatable bonds is 4. The highest BCUT2D eigenvalue weighted by molar-refractivity contribution is 7.13. The van der Waals surface area contributed by atoms with Crippen molar-refractivity contribution in [2.24, 2.45) is 0 Å². The lowest BCUT2D eigenvalue weighted by atomic mass is 9.98. The topological polar surface area (TPSA) is 92.6 Å². The molecule has 2 heterocycles. The molecule has 0 bridgehead atoms. The monoisotopic (exact) mass is 435 g/mol. The summed E-state index contributed by atoms with van der Waals surface area (Å²) in [6.07, 6.45) is 2.16. The van der Waals surface area contributed by atoms with Crippen LogP contribution in [0.5, 0.6) is 0 Å². The van der Waals surface area contributed by atoms with Crippen LogP contribution in [0.15, 0.2) is 48.5 Å². The van der Waals surface area contributed by atoms with Crippen LogP contribution in [0.25, 0.3) is 11.1 Å². The van der Waals surface area contributed by atoms with Gasteiger partial charge in [-0.25, -0.2) is 9.59 Å². The first-order valence-electron chi connectivity index (χ1n) is 10.3. The van der Waals surface area contributed by atoms with Crippen molar-refractivity contribution in [3.05, 3.63) is 69.7 Å². The number of carboxylic acids is 1. The number of ether oxygens (including phenoxy) is 1. The molecular weight excluding hydrogens is 414 g/mol. The molecule has 1 saturated heterocycles. The molecule has 0 radical (unpaired) electrons. The van der Waals surface area contributed by atoms with Crippen molar-refractivity contribution in [3.63, 3.8) is 0 Å². The van der Waals surface area contributed by atoms with Crippen LogP contribution < -0.4 is 0 Å². The molecule has 1 N–H and O–H groups in total. The summed E-state index contributed by atoms with van der Waals surface area (Å²) in [5, 5.41) is 17.4. The van der Waals surface area contributed by atoms with Crippen molar-refractivity contribution >= 4 is 23.4 Å². The summed E-state index contributed by atoms with van der Waals surface area (Å²) in [7, 11) is 0. The molecule has 1 aliphatic carbocycles. The second-order valence-electron chi connectivity index (χ2n) is 7.76. The van der Waals surface area contributed by atoms with E-state index >= 15 is 0 Å². The maximum absolute atomic E-state index is 13.0. The van der Waals surface area contributed by atoms with Gasteiger partial charge < -0.3 is 9.84 Å². The lowest BCUT2D eigenvalue weighted by Crippen LogP contribution is -2.39. The van der Waals surface area contributed by atoms with Gasteiger partial charge >= 0.3 is 12.1 Å². The molecule has 3 aromatic rings. The molecular formula is C23H21N3O4S. The molecule has 1 aromatic heterocycles. The minimum Gasteiger partial charge on any atom is -0.476 e. The van der Waals surface area contributed by atoms with Crippen molar-refractivity contribution < 1.29 is 19.4 Å². The minimum absolute atomic E-state index is 0.000247. The molecule has 2 aliphatic rings. The number of carbonyl (C=O) groups excluding carboxylic acids is 1. The van der Waals surface area contributed by atoms with E-state index in [1.54, 1.807) is 4.90 Å². The smallest absolute Gasteiger partial charge is 0.410 e. The molecule has 0 saturated carbocycles. The number of fused-ring (bicyclic) bond motifs is 3. The van der Waals surface area contributed by atoms with Gasteiger partial charge in [-0.15, -0.1) is 10.2 Å². The van der Waals surface area contributed by atoms with Gasteiger partial charge in [0.1, 0.15) is 11.6 Å². The maximum Gasteiger partial charge on any atom is 0.410 e. The zero-order valence-corrected chi connectivity index (χ0v) is 17.5. The summed E-state index contributed by atoms with van der Waals surface area (Å²) in [6, 6.07) is 16.2. The SMILES string of the molecule is O=C(O)c1nnc(C2CCCCN2C(=O)OCC2c3ccccc3-c3ccccc32)s1. The van der Waals surface area contributed by atoms with Gasteiger partial charge in [-0.05, 0) is 41.5 Å². The predicted molar refractivity (Wildman–Crippen MR) is 115 cm³/mol. The second kappa shape index (κ2) is 8.11. The van der Waals surface area contributed by atoms with Gasteiger partial charge in [0.05, 0.1) is 6.04 Å². The molecule has 1 aliphatic heterocycles. The Kier molecular flexibility index (Phi) is 5.15. The quantitative estimate of drug-likeness (QED) is 0.638. The first-order valence-corrected chi connectivity index (χ1v) is 11.1. The second-order valence-corrected chi connectivity index (χ2v) is 8.77. The Morgan fingerprint density at radius 2 is 1.71 bits per heavy atom. The Morgan fingerprint density at radius 1 is 1.03 bits per heavy atom. The molecule has 1 fully saturated rings. The number of benzene rings is 2. The average molecular weight is 436 g/mol. The largest absolute Gasteiger partial charge is 0.476 e. The molecule has 2 aromatic carbocycles. The zero-order chi connectivity index (χ0) is 21.4. The molecule has 1 unspecified atom stereocenters. The third-order valence-corrected chi connectivity index (χ3v) is 6.99. The Hall–Kier alpha value is -3.26. The number of carbonyl (C=O) groups is 2. The Balaban J connectivity index is 1.34. The van der Waals surface area contributed by atoms with Gasteiger partial charge in [0, 0.05) is 12.5 Å². The number of likely N-dealkylation sites (tertiary alicyclic amines) is 1. The van der Waals surface area contributed by atoms with Gasteiger partial charge in [-0.2, -0.15) is 0 Å². The van der Waals surface area contributed by atoms with Crippen LogP contribution in [0.4, 0.5) is 4.79 Å². The van der Waals surface area contributed by atoms with Crippen LogP contribution >= 0.6 is 11.3 Å². The van der Waals surface area contributed by atoms with E-state index in [2.05, 4.69) is 34.5 Å². The molecule has 8 heteroatoms. The number of carboxylic acid groups (broad SMARTS) is 1. The predicted octanol–water partition coefficient (Wildman–Crippen LogP) is 4.71. The molecule has 31 heavy (non-hydrogen) atoms. The lowest BCUT2D eigenvalue weighted by Gasteiger charge is -2.33. The third kappa shape index (κ3) is 3.57. The van der Waals surface area contributed by atoms with Crippen molar-refractivity contribution in [3.8, 4) is 11.1 Å². The fraction of sp³-hybridized carbons (Fsp3) is 0.304. The fourth-order valence-electron chi connectivity index (χ4n) is 4.54. The number of aromatic carboxylic acids is 1. The van der Waals surface area contributed by atoms with E-state index in [-0.39, 0.29) is 23.6 Å². The van der Waals surface area contributed by atoms with Crippen LogP contribution in [0.2, 0.25) is 0 Å². The van der Waals surface area contributed by atoms with Crippen molar-refractivity contribution in [1.82, 2.24) is 15.1 Å². The number of aromatic nitrogens is 2. The lowest BCUT2D eigenvalue weighted by molar-refractivity contribution is 0.0689. The van der Waals surface area contributed by atoms with Gasteiger partial charge in [0.2, 0.25) is 5.01 Å². The van der Waals surface area contributed by atoms with E-state index in [0.717, 1.165) is 30.6 Å². The number of hydrogen-bond donors (Lipinski definition) is 1. The first kappa shape index (κ1) is 19.7. The molecule has 158 valence electrons. The average Bonchev–Trinajstić information content (AvgIpc) is 3.41. The van der Waals surface area contributed by atoms with Gasteiger partial charge in [0.15, 0.2) is 0 Å². The van der Waals surface area contributed by atoms with Gasteiger partial charge in [-0.3, -0.25) is 4.90 Å². The first-order chi connectivity index (χ1) is 15.1. The number of piperidine rings is 1. The highest BCUT2D eigenvalue weighted by atomic mass is 32.1. The Morgan fingerprint density at radius 3 is 2.35 bits per heavy atom. The van der Waals surface area contributed by atoms with Crippen LogP contribution in [-0.4, -0.2) is 45.4 Å². The highest BCUT2D eigenvalue weighted by Crippen LogP contribution is 2.44. The zero-order valence-electron chi connectivity index (χ0n) is 16.7. The fourth-order valence-corrected chi connectivity index (χ4v) is 5.37. The molecule has 7 nitrogen and oxygen atoms in total. The molecule has 1 amide bonds. The summed E-state index contributed by atoms with van der Waals surface area (Å²) >= 11 is 1.02. The summed E-state index contributed by atoms with van der Waals surface area (Å²) in [6.45, 7) is 0.815. The Bertz CT molecular complexity index is 1100. The summed E-state index contributed by atoms with van der Waals surface area (Å²) < 4.78 is 5.81. The van der Waals surface area contributed by atoms with E-state index in [4.69, 9.17) is 9.84 Å². The maximum atomic E-state index is 13.0. The molecule has 0 spiro atoms. The van der Waals surface area contributed by atoms with Gasteiger partial charge in [0.25, 0.3) is 0 Å². The van der Waals surface area contributed by atoms with Crippen LogP contribution in [0.3, 0.4) is 0 Å². The third-order valence-electron chi connectivity index (χ3n) is 5.98. The number of nitrogens with zero attached hydrogens (tertiary/aromatic N) is 3. The van der Waals surface area contributed by atoms with Crippen LogP contribution in [-0.2, 0) is 4.74 Å². The van der Waals surface area contributed by atoms with E-state index in [9.17, 15) is 9.59 Å². The standard InChI is InChI=1S/C23H21N3O4S/c27-22(28)21-25-24-20(31-21)19-11-5-6-12-26(19)23(29)30-13-18-16-9-3-1-7-14(16)15-8-2-4-10-17(15)18/h1-4,7-10,18-19H,5-6,11-13H2,(H,27,28). The minimum atomic E-state index is -1.10. The summed E-state index contributed by atoms with van der Waals surface area (Å²) in [4.78, 5) is 25.9. The van der Waals surface area contributed by atoms with Gasteiger partial charge in [-0.1, -0.05) is 59.9 Å². The molecule has 1 atom stereocenters. The molecule has 5 rings (SSSR count). The normalized spacial score (nSPS) is 17.8. The van der Waals surface area contributed by atoms with Crippen LogP contribution in [0.1, 0.15) is 57.2 Å². The Labute approximate surface area is 183 Å². The van der Waals surface area contributed by atoms with E-state index in [0.29, 0.717) is 11.6 Å². The van der Waals surface area contributed by atoms with E-state index in [1.165, 1.54) is 22.3 Å². The van der Waals surface area contributed by atoms with E-state index < -0.39 is 12.1 Å². The van der Waals surface area contributed by atoms with Crippen LogP contribution in [0, 0.1) is 0 Å². The summed E-state index contributed by atoms with van der Waals surface area (Å²) in [5.41, 5.74) is 4.71.